The molecule has 4 heteroatoms. The van der Waals surface area contributed by atoms with Gasteiger partial charge >= 0.3 is 0 Å². The van der Waals surface area contributed by atoms with Crippen LogP contribution in [0.25, 0.3) is 0 Å². The molecule has 2 saturated heterocycles. The van der Waals surface area contributed by atoms with E-state index < -0.39 is 0 Å². The van der Waals surface area contributed by atoms with Crippen molar-refractivity contribution in [3.05, 3.63) is 0 Å². The number of hydrogen-bond donors (Lipinski definition) is 1. The molecular weight excluding hydrogens is 252 g/mol. The maximum atomic E-state index is 12.8. The van der Waals surface area contributed by atoms with Gasteiger partial charge in [-0.1, -0.05) is 19.8 Å². The average Bonchev–Trinajstić information content (AvgIpc) is 2.47. The van der Waals surface area contributed by atoms with Gasteiger partial charge in [-0.15, -0.1) is 0 Å². The Morgan fingerprint density at radius 1 is 1.20 bits per heavy atom. The van der Waals surface area contributed by atoms with Gasteiger partial charge in [0.25, 0.3) is 0 Å². The first-order valence-electron chi connectivity index (χ1n) is 8.24. The topological polar surface area (TPSA) is 49.4 Å². The minimum Gasteiger partial charge on any atom is -0.356 e. The molecule has 4 nitrogen and oxygen atoms in total. The van der Waals surface area contributed by atoms with E-state index >= 15 is 0 Å². The van der Waals surface area contributed by atoms with Crippen LogP contribution in [-0.4, -0.2) is 35.8 Å². The zero-order chi connectivity index (χ0) is 14.1. The van der Waals surface area contributed by atoms with Gasteiger partial charge in [-0.3, -0.25) is 9.59 Å². The molecule has 1 aliphatic carbocycles. The SMILES string of the molecule is C[C@@H]1CCN(C(=O)[C@@H]2CCNC(=O)C2)[C@H]2CCCC[C@@H]12. The van der Waals surface area contributed by atoms with Gasteiger partial charge in [-0.25, -0.2) is 0 Å². The number of piperidine rings is 2. The predicted octanol–water partition coefficient (Wildman–Crippen LogP) is 1.94. The molecule has 0 radical (unpaired) electrons. The molecule has 112 valence electrons. The first-order valence-corrected chi connectivity index (χ1v) is 8.24. The third-order valence-electron chi connectivity index (χ3n) is 5.62. The van der Waals surface area contributed by atoms with Crippen LogP contribution in [0.5, 0.6) is 0 Å². The molecular formula is C16H26N2O2. The molecule has 2 heterocycles. The number of amides is 2. The van der Waals surface area contributed by atoms with Crippen LogP contribution in [0.3, 0.4) is 0 Å². The van der Waals surface area contributed by atoms with Gasteiger partial charge in [0.05, 0.1) is 0 Å². The molecule has 1 N–H and O–H groups in total. The summed E-state index contributed by atoms with van der Waals surface area (Å²) in [6, 6.07) is 0.449. The fourth-order valence-corrected chi connectivity index (χ4v) is 4.42. The Morgan fingerprint density at radius 2 is 2.00 bits per heavy atom. The second-order valence-corrected chi connectivity index (χ2v) is 6.85. The van der Waals surface area contributed by atoms with E-state index in [2.05, 4.69) is 17.1 Å². The van der Waals surface area contributed by atoms with Crippen molar-refractivity contribution in [3.8, 4) is 0 Å². The maximum absolute atomic E-state index is 12.8. The van der Waals surface area contributed by atoms with Crippen LogP contribution in [0.2, 0.25) is 0 Å². The Hall–Kier alpha value is -1.06. The molecule has 0 unspecified atom stereocenters. The molecule has 0 aromatic carbocycles. The molecule has 0 aromatic rings. The van der Waals surface area contributed by atoms with Gasteiger partial charge in [0.15, 0.2) is 0 Å². The van der Waals surface area contributed by atoms with Crippen molar-refractivity contribution in [2.24, 2.45) is 17.8 Å². The summed E-state index contributed by atoms with van der Waals surface area (Å²) in [4.78, 5) is 26.5. The highest BCUT2D eigenvalue weighted by molar-refractivity contribution is 5.87. The van der Waals surface area contributed by atoms with E-state index in [9.17, 15) is 9.59 Å². The molecule has 3 aliphatic rings. The monoisotopic (exact) mass is 278 g/mol. The smallest absolute Gasteiger partial charge is 0.226 e. The highest BCUT2D eigenvalue weighted by Crippen LogP contribution is 2.39. The van der Waals surface area contributed by atoms with E-state index in [-0.39, 0.29) is 17.7 Å². The summed E-state index contributed by atoms with van der Waals surface area (Å²) >= 11 is 0. The Labute approximate surface area is 121 Å². The van der Waals surface area contributed by atoms with Crippen LogP contribution in [0, 0.1) is 17.8 Å². The van der Waals surface area contributed by atoms with Crippen LogP contribution in [-0.2, 0) is 9.59 Å². The summed E-state index contributed by atoms with van der Waals surface area (Å²) in [5, 5.41) is 2.82. The molecule has 3 fully saturated rings. The van der Waals surface area contributed by atoms with E-state index in [0.717, 1.165) is 25.3 Å². The van der Waals surface area contributed by atoms with Gasteiger partial charge in [0.2, 0.25) is 11.8 Å². The third-order valence-corrected chi connectivity index (χ3v) is 5.62. The zero-order valence-electron chi connectivity index (χ0n) is 12.4. The molecule has 20 heavy (non-hydrogen) atoms. The molecule has 2 amide bonds. The molecule has 1 saturated carbocycles. The standard InChI is InChI=1S/C16H26N2O2/c1-11-7-9-18(14-5-3-2-4-13(11)14)16(20)12-6-8-17-15(19)10-12/h11-14H,2-10H2,1H3,(H,17,19)/t11-,12-,13+,14+/m1/s1. The molecule has 4 atom stereocenters. The fraction of sp³-hybridized carbons (Fsp3) is 0.875. The Kier molecular flexibility index (Phi) is 3.99. The van der Waals surface area contributed by atoms with Gasteiger partial charge in [0.1, 0.15) is 0 Å². The minimum atomic E-state index is -0.0697. The summed E-state index contributed by atoms with van der Waals surface area (Å²) in [6.45, 7) is 3.91. The van der Waals surface area contributed by atoms with Crippen LogP contribution < -0.4 is 5.32 Å². The molecule has 2 aliphatic heterocycles. The number of likely N-dealkylation sites (tertiary alicyclic amines) is 1. The van der Waals surface area contributed by atoms with Gasteiger partial charge < -0.3 is 10.2 Å². The number of fused-ring (bicyclic) bond motifs is 1. The number of carbonyl (C=O) groups excluding carboxylic acids is 2. The van der Waals surface area contributed by atoms with Crippen molar-refractivity contribution in [3.63, 3.8) is 0 Å². The van der Waals surface area contributed by atoms with Gasteiger partial charge in [-0.05, 0) is 37.5 Å². The van der Waals surface area contributed by atoms with Crippen LogP contribution in [0.4, 0.5) is 0 Å². The van der Waals surface area contributed by atoms with Crippen LogP contribution in [0.15, 0.2) is 0 Å². The van der Waals surface area contributed by atoms with E-state index in [1.807, 2.05) is 0 Å². The summed E-state index contributed by atoms with van der Waals surface area (Å²) in [5.41, 5.74) is 0. The first kappa shape index (κ1) is 13.9. The number of nitrogens with zero attached hydrogens (tertiary/aromatic N) is 1. The number of carbonyl (C=O) groups is 2. The quantitative estimate of drug-likeness (QED) is 0.797. The third kappa shape index (κ3) is 2.57. The number of hydrogen-bond acceptors (Lipinski definition) is 2. The minimum absolute atomic E-state index is 0.0418. The van der Waals surface area contributed by atoms with Crippen LogP contribution in [0.1, 0.15) is 51.9 Å². The lowest BCUT2D eigenvalue weighted by atomic mass is 9.72. The Morgan fingerprint density at radius 3 is 2.80 bits per heavy atom. The molecule has 0 aromatic heterocycles. The second kappa shape index (κ2) is 5.74. The lowest BCUT2D eigenvalue weighted by Gasteiger charge is -2.48. The predicted molar refractivity (Wildman–Crippen MR) is 77.0 cm³/mol. The summed E-state index contributed by atoms with van der Waals surface area (Å²) in [7, 11) is 0. The lowest BCUT2D eigenvalue weighted by molar-refractivity contribution is -0.146. The number of nitrogens with one attached hydrogen (secondary N) is 1. The summed E-state index contributed by atoms with van der Waals surface area (Å²) in [5.74, 6) is 1.67. The normalized spacial score (nSPS) is 38.0. The average molecular weight is 278 g/mol. The summed E-state index contributed by atoms with van der Waals surface area (Å²) < 4.78 is 0. The van der Waals surface area contributed by atoms with E-state index in [0.29, 0.717) is 24.9 Å². The molecule has 0 spiro atoms. The highest BCUT2D eigenvalue weighted by Gasteiger charge is 2.41. The lowest BCUT2D eigenvalue weighted by Crippen LogP contribution is -2.55. The van der Waals surface area contributed by atoms with Crippen LogP contribution >= 0.6 is 0 Å². The van der Waals surface area contributed by atoms with Gasteiger partial charge in [-0.2, -0.15) is 0 Å². The maximum Gasteiger partial charge on any atom is 0.226 e. The van der Waals surface area contributed by atoms with Crippen molar-refractivity contribution < 1.29 is 9.59 Å². The van der Waals surface area contributed by atoms with E-state index in [1.165, 1.54) is 25.7 Å². The summed E-state index contributed by atoms with van der Waals surface area (Å²) in [6.07, 6.45) is 7.35. The molecule has 3 rings (SSSR count). The highest BCUT2D eigenvalue weighted by atomic mass is 16.2. The van der Waals surface area contributed by atoms with E-state index in [1.54, 1.807) is 0 Å². The number of rotatable bonds is 1. The van der Waals surface area contributed by atoms with Crippen molar-refractivity contribution in [2.45, 2.75) is 57.9 Å². The van der Waals surface area contributed by atoms with Crippen molar-refractivity contribution in [1.82, 2.24) is 10.2 Å². The van der Waals surface area contributed by atoms with Crippen molar-refractivity contribution in [2.75, 3.05) is 13.1 Å². The molecule has 0 bridgehead atoms. The largest absolute Gasteiger partial charge is 0.356 e. The Balaban J connectivity index is 1.71. The van der Waals surface area contributed by atoms with Crippen molar-refractivity contribution in [1.29, 1.82) is 0 Å². The fourth-order valence-electron chi connectivity index (χ4n) is 4.42. The van der Waals surface area contributed by atoms with Crippen molar-refractivity contribution >= 4 is 11.8 Å². The second-order valence-electron chi connectivity index (χ2n) is 6.85. The van der Waals surface area contributed by atoms with E-state index in [4.69, 9.17) is 0 Å². The Bertz CT molecular complexity index is 396. The van der Waals surface area contributed by atoms with Gasteiger partial charge in [0, 0.05) is 31.5 Å². The zero-order valence-corrected chi connectivity index (χ0v) is 12.4. The first-order chi connectivity index (χ1) is 9.66.